The van der Waals surface area contributed by atoms with Crippen molar-refractivity contribution in [2.75, 3.05) is 49.6 Å². The molecule has 0 aliphatic carbocycles. The number of cyclic esters (lactones) is 1. The normalized spacial score (nSPS) is 18.4. The highest BCUT2D eigenvalue weighted by Crippen LogP contribution is 2.32. The SMILES string of the molecule is CCN(CC)S(=O)(=O)c1ccc(N2CCOCC2)c(NC(=O)[C@H]2Cc3ccccc3C(=O)O2)c1. The van der Waals surface area contributed by atoms with Crippen LogP contribution in [0.15, 0.2) is 47.4 Å². The average molecular weight is 488 g/mol. The van der Waals surface area contributed by atoms with Gasteiger partial charge in [-0.2, -0.15) is 4.31 Å². The molecule has 1 atom stereocenters. The molecule has 0 spiro atoms. The summed E-state index contributed by atoms with van der Waals surface area (Å²) >= 11 is 0. The van der Waals surface area contributed by atoms with Crippen molar-refractivity contribution in [1.82, 2.24) is 4.31 Å². The molecule has 0 aromatic heterocycles. The van der Waals surface area contributed by atoms with Gasteiger partial charge in [0.15, 0.2) is 6.10 Å². The van der Waals surface area contributed by atoms with Gasteiger partial charge in [-0.3, -0.25) is 4.79 Å². The lowest BCUT2D eigenvalue weighted by Gasteiger charge is -2.31. The number of rotatable bonds is 7. The number of carbonyl (C=O) groups is 2. The Labute approximate surface area is 199 Å². The molecule has 0 unspecified atom stereocenters. The van der Waals surface area contributed by atoms with Gasteiger partial charge in [0.2, 0.25) is 10.0 Å². The second-order valence-electron chi connectivity index (χ2n) is 8.11. The maximum absolute atomic E-state index is 13.2. The van der Waals surface area contributed by atoms with E-state index in [9.17, 15) is 18.0 Å². The number of anilines is 2. The monoisotopic (exact) mass is 487 g/mol. The number of hydrogen-bond donors (Lipinski definition) is 1. The fourth-order valence-electron chi connectivity index (χ4n) is 4.26. The van der Waals surface area contributed by atoms with Crippen LogP contribution < -0.4 is 10.2 Å². The van der Waals surface area contributed by atoms with E-state index in [0.29, 0.717) is 56.3 Å². The Morgan fingerprint density at radius 2 is 1.82 bits per heavy atom. The predicted molar refractivity (Wildman–Crippen MR) is 128 cm³/mol. The van der Waals surface area contributed by atoms with Crippen LogP contribution in [0.25, 0.3) is 0 Å². The van der Waals surface area contributed by atoms with Crippen LogP contribution in [-0.4, -0.2) is 70.1 Å². The predicted octanol–water partition coefficient (Wildman–Crippen LogP) is 2.27. The van der Waals surface area contributed by atoms with E-state index in [1.165, 1.54) is 10.4 Å². The Hall–Kier alpha value is -2.95. The van der Waals surface area contributed by atoms with E-state index in [0.717, 1.165) is 5.56 Å². The molecule has 0 saturated carbocycles. The fourth-order valence-corrected chi connectivity index (χ4v) is 5.74. The molecule has 2 aliphatic rings. The van der Waals surface area contributed by atoms with Crippen molar-refractivity contribution in [2.45, 2.75) is 31.3 Å². The van der Waals surface area contributed by atoms with E-state index >= 15 is 0 Å². The van der Waals surface area contributed by atoms with Gasteiger partial charge >= 0.3 is 5.97 Å². The molecule has 1 N–H and O–H groups in total. The van der Waals surface area contributed by atoms with Crippen LogP contribution in [-0.2, 0) is 30.7 Å². The zero-order valence-corrected chi connectivity index (χ0v) is 20.1. The van der Waals surface area contributed by atoms with E-state index in [2.05, 4.69) is 5.32 Å². The largest absolute Gasteiger partial charge is 0.448 e. The van der Waals surface area contributed by atoms with Crippen LogP contribution in [0.3, 0.4) is 0 Å². The number of esters is 1. The molecule has 2 aromatic carbocycles. The van der Waals surface area contributed by atoms with Crippen molar-refractivity contribution >= 4 is 33.3 Å². The van der Waals surface area contributed by atoms with Crippen molar-refractivity contribution in [1.29, 1.82) is 0 Å². The highest BCUT2D eigenvalue weighted by Gasteiger charge is 2.32. The molecular formula is C24H29N3O6S. The van der Waals surface area contributed by atoms with Gasteiger partial charge in [-0.15, -0.1) is 0 Å². The van der Waals surface area contributed by atoms with Crippen LogP contribution in [0.2, 0.25) is 0 Å². The lowest BCUT2D eigenvalue weighted by Crippen LogP contribution is -2.39. The summed E-state index contributed by atoms with van der Waals surface area (Å²) in [4.78, 5) is 27.7. The zero-order chi connectivity index (χ0) is 24.3. The molecule has 4 rings (SSSR count). The third-order valence-corrected chi connectivity index (χ3v) is 8.15. The van der Waals surface area contributed by atoms with Crippen molar-refractivity contribution in [3.05, 3.63) is 53.6 Å². The van der Waals surface area contributed by atoms with Crippen LogP contribution in [0.1, 0.15) is 29.8 Å². The maximum atomic E-state index is 13.2. The van der Waals surface area contributed by atoms with Crippen molar-refractivity contribution < 1.29 is 27.5 Å². The molecule has 34 heavy (non-hydrogen) atoms. The van der Waals surface area contributed by atoms with E-state index in [1.54, 1.807) is 44.2 Å². The average Bonchev–Trinajstić information content (AvgIpc) is 2.85. The molecule has 2 aromatic rings. The van der Waals surface area contributed by atoms with Gasteiger partial charge in [-0.05, 0) is 29.8 Å². The second kappa shape index (κ2) is 10.1. The molecule has 0 bridgehead atoms. The molecule has 10 heteroatoms. The van der Waals surface area contributed by atoms with Gasteiger partial charge in [0.05, 0.1) is 35.0 Å². The van der Waals surface area contributed by atoms with Crippen LogP contribution in [0, 0.1) is 0 Å². The van der Waals surface area contributed by atoms with Gasteiger partial charge in [-0.25, -0.2) is 13.2 Å². The van der Waals surface area contributed by atoms with E-state index in [1.807, 2.05) is 11.0 Å². The minimum absolute atomic E-state index is 0.0921. The molecule has 1 fully saturated rings. The number of benzene rings is 2. The molecule has 1 saturated heterocycles. The summed E-state index contributed by atoms with van der Waals surface area (Å²) in [5, 5.41) is 2.83. The summed E-state index contributed by atoms with van der Waals surface area (Å²) < 4.78 is 38.4. The molecule has 2 heterocycles. The number of hydrogen-bond acceptors (Lipinski definition) is 7. The van der Waals surface area contributed by atoms with Crippen molar-refractivity contribution in [2.24, 2.45) is 0 Å². The molecule has 1 amide bonds. The third-order valence-electron chi connectivity index (χ3n) is 6.11. The number of nitrogens with one attached hydrogen (secondary N) is 1. The number of morpholine rings is 1. The zero-order valence-electron chi connectivity index (χ0n) is 19.3. The standard InChI is InChI=1S/C24H29N3O6S/c1-3-27(4-2)34(30,31)18-9-10-21(26-11-13-32-14-12-26)20(16-18)25-23(28)22-15-17-7-5-6-8-19(17)24(29)33-22/h5-10,16,22H,3-4,11-15H2,1-2H3,(H,25,28)/t22-/m1/s1. The Morgan fingerprint density at radius 1 is 1.12 bits per heavy atom. The first-order valence-electron chi connectivity index (χ1n) is 11.4. The van der Waals surface area contributed by atoms with Gasteiger partial charge in [-0.1, -0.05) is 32.0 Å². The summed E-state index contributed by atoms with van der Waals surface area (Å²) in [7, 11) is -3.73. The van der Waals surface area contributed by atoms with Gasteiger partial charge in [0, 0.05) is 32.6 Å². The number of nitrogens with zero attached hydrogens (tertiary/aromatic N) is 2. The Morgan fingerprint density at radius 3 is 2.53 bits per heavy atom. The van der Waals surface area contributed by atoms with Crippen LogP contribution >= 0.6 is 0 Å². The quantitative estimate of drug-likeness (QED) is 0.598. The van der Waals surface area contributed by atoms with Gasteiger partial charge in [0.25, 0.3) is 5.91 Å². The highest BCUT2D eigenvalue weighted by molar-refractivity contribution is 7.89. The smallest absolute Gasteiger partial charge is 0.339 e. The fraction of sp³-hybridized carbons (Fsp3) is 0.417. The van der Waals surface area contributed by atoms with Crippen molar-refractivity contribution in [3.8, 4) is 0 Å². The van der Waals surface area contributed by atoms with E-state index < -0.39 is 28.0 Å². The maximum Gasteiger partial charge on any atom is 0.339 e. The second-order valence-corrected chi connectivity index (χ2v) is 10.1. The van der Waals surface area contributed by atoms with Crippen molar-refractivity contribution in [3.63, 3.8) is 0 Å². The summed E-state index contributed by atoms with van der Waals surface area (Å²) in [6, 6.07) is 11.8. The number of amides is 1. The van der Waals surface area contributed by atoms with E-state index in [4.69, 9.17) is 9.47 Å². The Kier molecular flexibility index (Phi) is 7.20. The molecule has 2 aliphatic heterocycles. The number of sulfonamides is 1. The molecule has 9 nitrogen and oxygen atoms in total. The van der Waals surface area contributed by atoms with Gasteiger partial charge < -0.3 is 19.7 Å². The lowest BCUT2D eigenvalue weighted by molar-refractivity contribution is -0.125. The number of ether oxygens (including phenoxy) is 2. The molecule has 182 valence electrons. The molecular weight excluding hydrogens is 458 g/mol. The molecule has 0 radical (unpaired) electrons. The Balaban J connectivity index is 1.65. The minimum atomic E-state index is -3.73. The Bertz CT molecular complexity index is 1170. The first-order valence-corrected chi connectivity index (χ1v) is 12.9. The summed E-state index contributed by atoms with van der Waals surface area (Å²) in [5.41, 5.74) is 2.24. The van der Waals surface area contributed by atoms with Crippen LogP contribution in [0.5, 0.6) is 0 Å². The van der Waals surface area contributed by atoms with E-state index in [-0.39, 0.29) is 11.3 Å². The minimum Gasteiger partial charge on any atom is -0.448 e. The first-order chi connectivity index (χ1) is 16.3. The number of carbonyl (C=O) groups excluding carboxylic acids is 2. The van der Waals surface area contributed by atoms with Crippen LogP contribution in [0.4, 0.5) is 11.4 Å². The summed E-state index contributed by atoms with van der Waals surface area (Å²) in [6.45, 7) is 6.51. The lowest BCUT2D eigenvalue weighted by atomic mass is 9.98. The highest BCUT2D eigenvalue weighted by atomic mass is 32.2. The van der Waals surface area contributed by atoms with Gasteiger partial charge in [0.1, 0.15) is 0 Å². The third kappa shape index (κ3) is 4.79. The topological polar surface area (TPSA) is 105 Å². The summed E-state index contributed by atoms with van der Waals surface area (Å²) in [5.74, 6) is -1.05. The summed E-state index contributed by atoms with van der Waals surface area (Å²) in [6.07, 6.45) is -0.763. The first kappa shape index (κ1) is 24.2. The number of fused-ring (bicyclic) bond motifs is 1.